The number of ether oxygens (including phenoxy) is 4. The number of nitrogens with one attached hydrogen (secondary N) is 2. The maximum atomic E-state index is 12.2. The van der Waals surface area contributed by atoms with Crippen LogP contribution in [0, 0.1) is 0 Å². The Labute approximate surface area is 159 Å². The molecule has 1 atom stereocenters. The minimum atomic E-state index is -0.271. The molecule has 2 aromatic carbocycles. The number of methoxy groups -OCH3 is 4. The molecule has 146 valence electrons. The smallest absolute Gasteiger partial charge is 0.315 e. The second kappa shape index (κ2) is 9.56. The molecule has 0 fully saturated rings. The fraction of sp³-hybridized carbons (Fsp3) is 0.350. The Balaban J connectivity index is 1.95. The molecule has 0 aliphatic heterocycles. The van der Waals surface area contributed by atoms with Crippen molar-refractivity contribution >= 4 is 6.03 Å². The van der Waals surface area contributed by atoms with E-state index in [4.69, 9.17) is 18.9 Å². The van der Waals surface area contributed by atoms with Crippen molar-refractivity contribution in [2.45, 2.75) is 19.5 Å². The van der Waals surface area contributed by atoms with Gasteiger partial charge in [0.15, 0.2) is 23.0 Å². The van der Waals surface area contributed by atoms with Crippen LogP contribution in [0.2, 0.25) is 0 Å². The molecule has 2 amide bonds. The molecule has 0 saturated carbocycles. The molecule has 0 aliphatic rings. The first-order valence-electron chi connectivity index (χ1n) is 8.49. The highest BCUT2D eigenvalue weighted by Crippen LogP contribution is 2.30. The Hall–Kier alpha value is -3.09. The summed E-state index contributed by atoms with van der Waals surface area (Å²) in [6.07, 6.45) is 0. The zero-order chi connectivity index (χ0) is 19.8. The number of urea groups is 1. The summed E-state index contributed by atoms with van der Waals surface area (Å²) in [5.74, 6) is 2.53. The number of benzene rings is 2. The van der Waals surface area contributed by atoms with Gasteiger partial charge in [-0.3, -0.25) is 0 Å². The quantitative estimate of drug-likeness (QED) is 0.741. The molecular formula is C20H26N2O5. The molecule has 0 heterocycles. The summed E-state index contributed by atoms with van der Waals surface area (Å²) in [5.41, 5.74) is 1.82. The third-order valence-electron chi connectivity index (χ3n) is 4.16. The average molecular weight is 374 g/mol. The van der Waals surface area contributed by atoms with Crippen LogP contribution in [0.3, 0.4) is 0 Å². The van der Waals surface area contributed by atoms with E-state index in [0.29, 0.717) is 29.5 Å². The van der Waals surface area contributed by atoms with E-state index < -0.39 is 0 Å². The van der Waals surface area contributed by atoms with Crippen LogP contribution in [-0.4, -0.2) is 34.5 Å². The fourth-order valence-electron chi connectivity index (χ4n) is 2.63. The lowest BCUT2D eigenvalue weighted by Gasteiger charge is -2.17. The Bertz CT molecular complexity index is 779. The van der Waals surface area contributed by atoms with E-state index >= 15 is 0 Å². The van der Waals surface area contributed by atoms with Gasteiger partial charge in [-0.15, -0.1) is 0 Å². The number of carbonyl (C=O) groups excluding carboxylic acids is 1. The standard InChI is InChI=1S/C20H26N2O5/c1-13(15-7-9-17(25-3)19(11-15)27-5)22-20(23)21-12-14-6-8-16(24-2)18(10-14)26-4/h6-11,13H,12H2,1-5H3,(H2,21,22,23). The molecule has 2 aromatic rings. The van der Waals surface area contributed by atoms with Crippen LogP contribution < -0.4 is 29.6 Å². The topological polar surface area (TPSA) is 78.1 Å². The third kappa shape index (κ3) is 5.20. The minimum Gasteiger partial charge on any atom is -0.493 e. The van der Waals surface area contributed by atoms with E-state index in [9.17, 15) is 4.79 Å². The Morgan fingerprint density at radius 2 is 1.41 bits per heavy atom. The van der Waals surface area contributed by atoms with E-state index in [1.807, 2.05) is 37.3 Å². The van der Waals surface area contributed by atoms with E-state index in [-0.39, 0.29) is 12.1 Å². The van der Waals surface area contributed by atoms with Crippen molar-refractivity contribution in [1.82, 2.24) is 10.6 Å². The Morgan fingerprint density at radius 3 is 2.00 bits per heavy atom. The van der Waals surface area contributed by atoms with Gasteiger partial charge in [-0.05, 0) is 42.3 Å². The zero-order valence-electron chi connectivity index (χ0n) is 16.3. The lowest BCUT2D eigenvalue weighted by Crippen LogP contribution is -2.36. The molecule has 0 aromatic heterocycles. The van der Waals surface area contributed by atoms with E-state index in [1.165, 1.54) is 0 Å². The summed E-state index contributed by atoms with van der Waals surface area (Å²) in [7, 11) is 6.32. The molecule has 7 nitrogen and oxygen atoms in total. The summed E-state index contributed by atoms with van der Waals surface area (Å²) in [6.45, 7) is 2.27. The van der Waals surface area contributed by atoms with Crippen molar-refractivity contribution in [2.75, 3.05) is 28.4 Å². The molecule has 0 saturated heterocycles. The molecule has 2 N–H and O–H groups in total. The SMILES string of the molecule is COc1ccc(CNC(=O)NC(C)c2ccc(OC)c(OC)c2)cc1OC. The Morgan fingerprint density at radius 1 is 0.852 bits per heavy atom. The maximum Gasteiger partial charge on any atom is 0.315 e. The molecule has 0 spiro atoms. The lowest BCUT2D eigenvalue weighted by molar-refractivity contribution is 0.237. The molecule has 7 heteroatoms. The monoisotopic (exact) mass is 374 g/mol. The minimum absolute atomic E-state index is 0.199. The van der Waals surface area contributed by atoms with Gasteiger partial charge in [-0.25, -0.2) is 4.79 Å². The fourth-order valence-corrected chi connectivity index (χ4v) is 2.63. The number of amides is 2. The predicted molar refractivity (Wildman–Crippen MR) is 103 cm³/mol. The highest BCUT2D eigenvalue weighted by Gasteiger charge is 2.13. The first-order valence-corrected chi connectivity index (χ1v) is 8.49. The van der Waals surface area contributed by atoms with Crippen LogP contribution >= 0.6 is 0 Å². The summed E-state index contributed by atoms with van der Waals surface area (Å²) in [4.78, 5) is 12.2. The van der Waals surface area contributed by atoms with Gasteiger partial charge in [-0.2, -0.15) is 0 Å². The van der Waals surface area contributed by atoms with Crippen LogP contribution in [0.4, 0.5) is 4.79 Å². The first kappa shape index (κ1) is 20.2. The van der Waals surface area contributed by atoms with Crippen molar-refractivity contribution in [1.29, 1.82) is 0 Å². The summed E-state index contributed by atoms with van der Waals surface area (Å²) in [5, 5.41) is 5.74. The number of hydrogen-bond acceptors (Lipinski definition) is 5. The summed E-state index contributed by atoms with van der Waals surface area (Å²) >= 11 is 0. The lowest BCUT2D eigenvalue weighted by atomic mass is 10.1. The molecule has 27 heavy (non-hydrogen) atoms. The van der Waals surface area contributed by atoms with Crippen LogP contribution in [0.1, 0.15) is 24.1 Å². The largest absolute Gasteiger partial charge is 0.493 e. The molecule has 0 radical (unpaired) electrons. The van der Waals surface area contributed by atoms with Crippen molar-refractivity contribution in [3.05, 3.63) is 47.5 Å². The van der Waals surface area contributed by atoms with E-state index in [1.54, 1.807) is 34.5 Å². The highest BCUT2D eigenvalue weighted by molar-refractivity contribution is 5.74. The van der Waals surface area contributed by atoms with Crippen molar-refractivity contribution in [3.8, 4) is 23.0 Å². The van der Waals surface area contributed by atoms with E-state index in [2.05, 4.69) is 10.6 Å². The molecular weight excluding hydrogens is 348 g/mol. The van der Waals surface area contributed by atoms with Gasteiger partial charge in [-0.1, -0.05) is 12.1 Å². The third-order valence-corrected chi connectivity index (χ3v) is 4.16. The van der Waals surface area contributed by atoms with Gasteiger partial charge in [0, 0.05) is 6.54 Å². The van der Waals surface area contributed by atoms with Gasteiger partial charge < -0.3 is 29.6 Å². The summed E-state index contributed by atoms with van der Waals surface area (Å²) in [6, 6.07) is 10.6. The normalized spacial score (nSPS) is 11.3. The number of carbonyl (C=O) groups is 1. The summed E-state index contributed by atoms with van der Waals surface area (Å²) < 4.78 is 21.0. The maximum absolute atomic E-state index is 12.2. The number of hydrogen-bond donors (Lipinski definition) is 2. The molecule has 2 rings (SSSR count). The second-order valence-electron chi connectivity index (χ2n) is 5.85. The van der Waals surface area contributed by atoms with Crippen LogP contribution in [-0.2, 0) is 6.54 Å². The van der Waals surface area contributed by atoms with E-state index in [0.717, 1.165) is 11.1 Å². The Kier molecular flexibility index (Phi) is 7.16. The average Bonchev–Trinajstić information content (AvgIpc) is 2.71. The number of rotatable bonds is 8. The molecule has 1 unspecified atom stereocenters. The van der Waals surface area contributed by atoms with Crippen LogP contribution in [0.25, 0.3) is 0 Å². The van der Waals surface area contributed by atoms with Crippen molar-refractivity contribution in [3.63, 3.8) is 0 Å². The van der Waals surface area contributed by atoms with Gasteiger partial charge in [0.1, 0.15) is 0 Å². The first-order chi connectivity index (χ1) is 13.0. The zero-order valence-corrected chi connectivity index (χ0v) is 16.3. The van der Waals surface area contributed by atoms with Crippen LogP contribution in [0.15, 0.2) is 36.4 Å². The van der Waals surface area contributed by atoms with Gasteiger partial charge in [0.05, 0.1) is 34.5 Å². The van der Waals surface area contributed by atoms with Crippen molar-refractivity contribution in [2.24, 2.45) is 0 Å². The van der Waals surface area contributed by atoms with Crippen LogP contribution in [0.5, 0.6) is 23.0 Å². The van der Waals surface area contributed by atoms with Crippen molar-refractivity contribution < 1.29 is 23.7 Å². The predicted octanol–water partition coefficient (Wildman–Crippen LogP) is 3.28. The highest BCUT2D eigenvalue weighted by atomic mass is 16.5. The second-order valence-corrected chi connectivity index (χ2v) is 5.85. The molecule has 0 bridgehead atoms. The van der Waals surface area contributed by atoms with Gasteiger partial charge >= 0.3 is 6.03 Å². The molecule has 0 aliphatic carbocycles. The van der Waals surface area contributed by atoms with Gasteiger partial charge in [0.25, 0.3) is 0 Å². The van der Waals surface area contributed by atoms with Gasteiger partial charge in [0.2, 0.25) is 0 Å².